The van der Waals surface area contributed by atoms with E-state index >= 15 is 0 Å². The number of aliphatic carboxylic acids is 1. The Morgan fingerprint density at radius 2 is 1.87 bits per heavy atom. The van der Waals surface area contributed by atoms with Gasteiger partial charge in [0.15, 0.2) is 0 Å². The van der Waals surface area contributed by atoms with E-state index in [1.165, 1.54) is 11.8 Å². The van der Waals surface area contributed by atoms with Gasteiger partial charge in [-0.3, -0.25) is 19.2 Å². The zero-order valence-corrected chi connectivity index (χ0v) is 21.1. The molecule has 2 heterocycles. The molecular weight excluding hydrogens is 496 g/mol. The van der Waals surface area contributed by atoms with Crippen molar-refractivity contribution in [3.8, 4) is 0 Å². The van der Waals surface area contributed by atoms with E-state index in [1.807, 2.05) is 24.3 Å². The molecular formula is C25H34N6O7. The number of nitrogens with one attached hydrogen (secondary N) is 3. The highest BCUT2D eigenvalue weighted by molar-refractivity contribution is 5.95. The number of hydrogen-bond donors (Lipinski definition) is 7. The van der Waals surface area contributed by atoms with Crippen LogP contribution in [0.25, 0.3) is 10.9 Å². The zero-order valence-electron chi connectivity index (χ0n) is 21.1. The fourth-order valence-corrected chi connectivity index (χ4v) is 4.51. The van der Waals surface area contributed by atoms with E-state index < -0.39 is 59.9 Å². The third-order valence-corrected chi connectivity index (χ3v) is 6.67. The molecule has 0 spiro atoms. The number of benzene rings is 1. The number of rotatable bonds is 12. The van der Waals surface area contributed by atoms with Crippen molar-refractivity contribution in [2.45, 2.75) is 69.3 Å². The van der Waals surface area contributed by atoms with E-state index in [-0.39, 0.29) is 25.8 Å². The van der Waals surface area contributed by atoms with Crippen molar-refractivity contribution in [1.82, 2.24) is 20.5 Å². The van der Waals surface area contributed by atoms with E-state index in [4.69, 9.17) is 11.5 Å². The second kappa shape index (κ2) is 12.5. The minimum atomic E-state index is -1.40. The Bertz CT molecular complexity index is 1200. The summed E-state index contributed by atoms with van der Waals surface area (Å²) in [6.07, 6.45) is 1.02. The molecule has 0 radical (unpaired) electrons. The summed E-state index contributed by atoms with van der Waals surface area (Å²) in [5.74, 6) is -4.01. The van der Waals surface area contributed by atoms with Crippen LogP contribution < -0.4 is 22.1 Å². The molecule has 1 aliphatic rings. The van der Waals surface area contributed by atoms with Gasteiger partial charge in [-0.25, -0.2) is 4.79 Å². The van der Waals surface area contributed by atoms with Gasteiger partial charge >= 0.3 is 5.97 Å². The molecule has 0 aliphatic carbocycles. The highest BCUT2D eigenvalue weighted by Crippen LogP contribution is 2.21. The molecule has 5 atom stereocenters. The first-order valence-corrected chi connectivity index (χ1v) is 12.4. The normalized spacial score (nSPS) is 18.4. The zero-order chi connectivity index (χ0) is 28.0. The van der Waals surface area contributed by atoms with E-state index in [9.17, 15) is 34.2 Å². The number of fused-ring (bicyclic) bond motifs is 1. The lowest BCUT2D eigenvalue weighted by Gasteiger charge is -2.29. The Hall–Kier alpha value is -3.97. The second-order valence-corrected chi connectivity index (χ2v) is 9.49. The molecule has 13 heteroatoms. The molecule has 5 unspecified atom stereocenters. The summed E-state index contributed by atoms with van der Waals surface area (Å²) < 4.78 is 0. The Labute approximate surface area is 218 Å². The molecule has 1 aromatic carbocycles. The molecule has 3 rings (SSSR count). The third kappa shape index (κ3) is 6.86. The number of H-pyrrole nitrogens is 1. The van der Waals surface area contributed by atoms with Crippen molar-refractivity contribution in [2.24, 2.45) is 11.5 Å². The van der Waals surface area contributed by atoms with Gasteiger partial charge in [0.05, 0.1) is 6.10 Å². The van der Waals surface area contributed by atoms with Crippen molar-refractivity contribution in [2.75, 3.05) is 6.54 Å². The number of aromatic nitrogens is 1. The maximum absolute atomic E-state index is 13.3. The number of nitrogens with two attached hydrogens (primary N) is 2. The molecule has 13 nitrogen and oxygen atoms in total. The Balaban J connectivity index is 1.83. The SMILES string of the molecule is CC(O)C(N)C(=O)N1CCCC1C(=O)NC(Cc1c[nH]c2ccccc12)C(=O)NC(CCC(N)=O)C(=O)O. The predicted octanol–water partition coefficient (Wildman–Crippen LogP) is -1.27. The van der Waals surface area contributed by atoms with Gasteiger partial charge in [-0.15, -0.1) is 0 Å². The number of nitrogens with zero attached hydrogens (tertiary/aromatic N) is 1. The third-order valence-electron chi connectivity index (χ3n) is 6.67. The number of carboxylic acid groups (broad SMARTS) is 1. The molecule has 206 valence electrons. The molecule has 9 N–H and O–H groups in total. The topological polar surface area (TPSA) is 221 Å². The summed E-state index contributed by atoms with van der Waals surface area (Å²) >= 11 is 0. The lowest BCUT2D eigenvalue weighted by atomic mass is 10.0. The van der Waals surface area contributed by atoms with Gasteiger partial charge in [0, 0.05) is 36.5 Å². The number of primary amides is 1. The quantitative estimate of drug-likeness (QED) is 0.175. The number of carbonyl (C=O) groups excluding carboxylic acids is 4. The molecule has 1 saturated heterocycles. The number of amides is 4. The van der Waals surface area contributed by atoms with Crippen LogP contribution in [0.2, 0.25) is 0 Å². The van der Waals surface area contributed by atoms with E-state index in [0.29, 0.717) is 18.4 Å². The van der Waals surface area contributed by atoms with E-state index in [2.05, 4.69) is 15.6 Å². The smallest absolute Gasteiger partial charge is 0.326 e. The molecule has 38 heavy (non-hydrogen) atoms. The van der Waals surface area contributed by atoms with Gasteiger partial charge in [-0.2, -0.15) is 0 Å². The van der Waals surface area contributed by atoms with Crippen LogP contribution in [0.5, 0.6) is 0 Å². The molecule has 2 aromatic rings. The Morgan fingerprint density at radius 3 is 2.53 bits per heavy atom. The first-order chi connectivity index (χ1) is 18.0. The fourth-order valence-electron chi connectivity index (χ4n) is 4.51. The average molecular weight is 531 g/mol. The monoisotopic (exact) mass is 530 g/mol. The van der Waals surface area contributed by atoms with Crippen LogP contribution >= 0.6 is 0 Å². The molecule has 4 amide bonds. The lowest BCUT2D eigenvalue weighted by molar-refractivity contribution is -0.143. The number of carboxylic acids is 1. The summed E-state index contributed by atoms with van der Waals surface area (Å²) in [5, 5.41) is 25.1. The Morgan fingerprint density at radius 1 is 1.16 bits per heavy atom. The molecule has 1 aromatic heterocycles. The van der Waals surface area contributed by atoms with E-state index in [0.717, 1.165) is 10.9 Å². The van der Waals surface area contributed by atoms with Crippen LogP contribution in [0.3, 0.4) is 0 Å². The highest BCUT2D eigenvalue weighted by atomic mass is 16.4. The van der Waals surface area contributed by atoms with Gasteiger partial charge < -0.3 is 42.2 Å². The number of para-hydroxylation sites is 1. The second-order valence-electron chi connectivity index (χ2n) is 9.49. The average Bonchev–Trinajstić information content (AvgIpc) is 3.52. The van der Waals surface area contributed by atoms with Crippen molar-refractivity contribution in [3.05, 3.63) is 36.0 Å². The first-order valence-electron chi connectivity index (χ1n) is 12.4. The van der Waals surface area contributed by atoms with Crippen molar-refractivity contribution in [1.29, 1.82) is 0 Å². The largest absolute Gasteiger partial charge is 0.480 e. The molecule has 0 bridgehead atoms. The summed E-state index contributed by atoms with van der Waals surface area (Å²) in [4.78, 5) is 66.6. The Kier molecular flexibility index (Phi) is 9.42. The number of carbonyl (C=O) groups is 5. The fraction of sp³-hybridized carbons (Fsp3) is 0.480. The highest BCUT2D eigenvalue weighted by Gasteiger charge is 2.39. The van der Waals surface area contributed by atoms with Crippen LogP contribution in [-0.2, 0) is 30.4 Å². The predicted molar refractivity (Wildman–Crippen MR) is 136 cm³/mol. The van der Waals surface area contributed by atoms with Crippen LogP contribution in [-0.4, -0.2) is 86.5 Å². The summed E-state index contributed by atoms with van der Waals surface area (Å²) in [7, 11) is 0. The lowest BCUT2D eigenvalue weighted by Crippen LogP contribution is -2.58. The van der Waals surface area contributed by atoms with Crippen molar-refractivity contribution >= 4 is 40.5 Å². The maximum atomic E-state index is 13.3. The standard InChI is InChI=1S/C25H34N6O7/c1-13(32)21(27)24(36)31-10-4-7-19(31)23(35)30-18(11-14-12-28-16-6-3-2-5-15(14)16)22(34)29-17(25(37)38)8-9-20(26)33/h2-3,5-6,12-13,17-19,21,28,32H,4,7-11,27H2,1H3,(H2,26,33)(H,29,34)(H,30,35)(H,37,38). The number of aliphatic hydroxyl groups is 1. The van der Waals surface area contributed by atoms with Crippen LogP contribution in [0.4, 0.5) is 0 Å². The van der Waals surface area contributed by atoms with Gasteiger partial charge in [0.2, 0.25) is 23.6 Å². The van der Waals surface area contributed by atoms with Crippen LogP contribution in [0, 0.1) is 0 Å². The molecule has 1 fully saturated rings. The summed E-state index contributed by atoms with van der Waals surface area (Å²) in [6, 6.07) is 2.67. The van der Waals surface area contributed by atoms with Crippen molar-refractivity contribution < 1.29 is 34.2 Å². The minimum Gasteiger partial charge on any atom is -0.480 e. The minimum absolute atomic E-state index is 0.0254. The maximum Gasteiger partial charge on any atom is 0.326 e. The van der Waals surface area contributed by atoms with Crippen LogP contribution in [0.15, 0.2) is 30.5 Å². The number of hydrogen-bond acceptors (Lipinski definition) is 7. The van der Waals surface area contributed by atoms with Crippen molar-refractivity contribution in [3.63, 3.8) is 0 Å². The van der Waals surface area contributed by atoms with E-state index in [1.54, 1.807) is 6.20 Å². The molecule has 1 aliphatic heterocycles. The van der Waals surface area contributed by atoms with Gasteiger partial charge in [0.25, 0.3) is 0 Å². The summed E-state index contributed by atoms with van der Waals surface area (Å²) in [5.41, 5.74) is 12.5. The van der Waals surface area contributed by atoms with Gasteiger partial charge in [-0.1, -0.05) is 18.2 Å². The van der Waals surface area contributed by atoms with Gasteiger partial charge in [0.1, 0.15) is 24.2 Å². The molecule has 0 saturated carbocycles. The van der Waals surface area contributed by atoms with Crippen LogP contribution in [0.1, 0.15) is 38.2 Å². The number of aliphatic hydroxyl groups excluding tert-OH is 1. The number of aromatic amines is 1. The van der Waals surface area contributed by atoms with Gasteiger partial charge in [-0.05, 0) is 37.8 Å². The summed E-state index contributed by atoms with van der Waals surface area (Å²) in [6.45, 7) is 1.65. The first kappa shape index (κ1) is 28.6. The number of likely N-dealkylation sites (tertiary alicyclic amines) is 1.